The highest BCUT2D eigenvalue weighted by molar-refractivity contribution is 5.30. The van der Waals surface area contributed by atoms with Crippen LogP contribution in [0.25, 0.3) is 0 Å². The molecule has 0 spiro atoms. The zero-order chi connectivity index (χ0) is 61.3. The van der Waals surface area contributed by atoms with E-state index in [1.54, 1.807) is 0 Å². The van der Waals surface area contributed by atoms with Crippen LogP contribution in [0.1, 0.15) is 85.5 Å². The zero-order valence-corrected chi connectivity index (χ0v) is 48.3. The fourth-order valence-corrected chi connectivity index (χ4v) is 16.1. The third-order valence-electron chi connectivity index (χ3n) is 21.0. The standard InChI is InChI=1S/C57H92O28/c1-21(20-75-51-44(71)40(67)36(63)30(15-58)78-51)5-8-28-22(2)35-29(77-28)14-27-25-7-6-23-13-24(9-11-56(23,3)26(25)10-12-57(27,35)4)76-52-47(74)43(70)48(34(19-62)82-52)83-55-50(85-54-46(73)42(69)38(65)32(17-60)80-54)49(39(66)33(18-61)81-55)84-53-45(72)41(68)37(64)31(16-59)79-53/h6,21,24-27,29-55,58-74H,5,7-20H2,1-4H3/t21-,24+,25-,26+,27+,29+,30-,31-,32-,33-,34-,35+,36-,37-,38-,39-,40+,41+,42+,43-,44-,45-,46-,47-,48+,49+,50-,51-,52-,53+,54+,55+,56+,57+/m1/s1. The summed E-state index contributed by atoms with van der Waals surface area (Å²) in [6.07, 6.45) is -33.9. The molecule has 5 saturated heterocycles. The Balaban J connectivity index is 0.781. The lowest BCUT2D eigenvalue weighted by atomic mass is 9.47. The number of aliphatic hydroxyl groups excluding tert-OH is 17. The van der Waals surface area contributed by atoms with E-state index in [0.29, 0.717) is 37.0 Å². The summed E-state index contributed by atoms with van der Waals surface area (Å²) in [5, 5.41) is 181. The Morgan fingerprint density at radius 1 is 0.529 bits per heavy atom. The molecule has 34 atom stereocenters. The Morgan fingerprint density at radius 2 is 1.02 bits per heavy atom. The van der Waals surface area contributed by atoms with Gasteiger partial charge >= 0.3 is 0 Å². The molecule has 28 heteroatoms. The predicted octanol–water partition coefficient (Wildman–Crippen LogP) is -5.26. The highest BCUT2D eigenvalue weighted by atomic mass is 16.8. The second kappa shape index (κ2) is 26.8. The van der Waals surface area contributed by atoms with Crippen LogP contribution >= 0.6 is 0 Å². The molecule has 6 aliphatic heterocycles. The number of hydrogen-bond donors (Lipinski definition) is 17. The summed E-state index contributed by atoms with van der Waals surface area (Å²) >= 11 is 0. The zero-order valence-electron chi connectivity index (χ0n) is 48.3. The van der Waals surface area contributed by atoms with Gasteiger partial charge in [0.1, 0.15) is 128 Å². The minimum Gasteiger partial charge on any atom is -0.494 e. The average Bonchev–Trinajstić information content (AvgIpc) is 1.64. The average molecular weight is 1230 g/mol. The van der Waals surface area contributed by atoms with Crippen LogP contribution in [0.5, 0.6) is 0 Å². The van der Waals surface area contributed by atoms with Crippen LogP contribution in [0.15, 0.2) is 23.0 Å². The molecule has 4 aliphatic carbocycles. The summed E-state index contributed by atoms with van der Waals surface area (Å²) in [7, 11) is 0. The molecule has 0 amide bonds. The monoisotopic (exact) mass is 1220 g/mol. The van der Waals surface area contributed by atoms with Crippen LogP contribution in [-0.4, -0.2) is 292 Å². The molecule has 17 N–H and O–H groups in total. The van der Waals surface area contributed by atoms with Crippen molar-refractivity contribution in [1.29, 1.82) is 0 Å². The summed E-state index contributed by atoms with van der Waals surface area (Å²) in [5.74, 6) is 2.60. The molecule has 6 heterocycles. The van der Waals surface area contributed by atoms with E-state index in [1.807, 2.05) is 6.92 Å². The van der Waals surface area contributed by atoms with E-state index in [0.717, 1.165) is 44.3 Å². The topological polar surface area (TPSA) is 445 Å². The first kappa shape index (κ1) is 66.1. The summed E-state index contributed by atoms with van der Waals surface area (Å²) < 4.78 is 66.1. The van der Waals surface area contributed by atoms with Gasteiger partial charge in [-0.3, -0.25) is 0 Å². The SMILES string of the molecule is CC1=C(CC[C@@H](C)CO[C@@H]2O[C@H](CO)[C@@H](O)[C@H](O)[C@H]2O)O[C@H]2C[C@H]3[C@@H]4CC=C5C[C@@H](O[C@@H]6O[C@H](CO)[C@H](O[C@@H]7O[C@H](CO)[C@@H](O)[C@H](O[C@@H]8O[C@H](CO)[C@@H](O)[C@H](O)[C@H]8O)[C@H]7O[C@@H]7O[C@H](CO)[C@@H](O)[C@H](O)[C@H]7O)[C@H](O)[C@H]6O)CC[C@]5(C)[C@H]4CC[C@]3(C)[C@@H]12. The molecule has 0 aromatic rings. The van der Waals surface area contributed by atoms with Gasteiger partial charge in [0.05, 0.1) is 51.5 Å². The maximum Gasteiger partial charge on any atom is 0.187 e. The molecule has 10 aliphatic rings. The number of hydrogen-bond acceptors (Lipinski definition) is 28. The quantitative estimate of drug-likeness (QED) is 0.0537. The molecular formula is C57H92O28. The minimum absolute atomic E-state index is 0.0321. The molecule has 0 unspecified atom stereocenters. The number of rotatable bonds is 19. The van der Waals surface area contributed by atoms with Gasteiger partial charge in [-0.2, -0.15) is 0 Å². The molecular weight excluding hydrogens is 1130 g/mol. The molecule has 0 aromatic heterocycles. The van der Waals surface area contributed by atoms with E-state index in [4.69, 9.17) is 52.1 Å². The Morgan fingerprint density at radius 3 is 1.61 bits per heavy atom. The molecule has 10 rings (SSSR count). The Bertz CT molecular complexity index is 2280. The number of fused-ring (bicyclic) bond motifs is 7. The van der Waals surface area contributed by atoms with Gasteiger partial charge < -0.3 is 139 Å². The van der Waals surface area contributed by atoms with Crippen LogP contribution in [0, 0.1) is 40.4 Å². The molecule has 488 valence electrons. The number of ether oxygens (including phenoxy) is 11. The van der Waals surface area contributed by atoms with Crippen LogP contribution < -0.4 is 0 Å². The van der Waals surface area contributed by atoms with Crippen molar-refractivity contribution in [3.05, 3.63) is 23.0 Å². The highest BCUT2D eigenvalue weighted by Gasteiger charge is 2.64. The van der Waals surface area contributed by atoms with Gasteiger partial charge in [0.2, 0.25) is 0 Å². The second-order valence-corrected chi connectivity index (χ2v) is 26.1. The number of aliphatic hydroxyl groups is 17. The van der Waals surface area contributed by atoms with Gasteiger partial charge in [-0.1, -0.05) is 32.4 Å². The summed E-state index contributed by atoms with van der Waals surface area (Å²) in [4.78, 5) is 0. The van der Waals surface area contributed by atoms with Crippen molar-refractivity contribution in [1.82, 2.24) is 0 Å². The summed E-state index contributed by atoms with van der Waals surface area (Å²) in [6.45, 7) is 5.18. The van der Waals surface area contributed by atoms with Crippen molar-refractivity contribution in [2.45, 2.75) is 251 Å². The highest BCUT2D eigenvalue weighted by Crippen LogP contribution is 2.69. The lowest BCUT2D eigenvalue weighted by Gasteiger charge is -2.58. The van der Waals surface area contributed by atoms with Crippen LogP contribution in [0.4, 0.5) is 0 Å². The Kier molecular flexibility index (Phi) is 20.9. The Hall–Kier alpha value is -1.80. The van der Waals surface area contributed by atoms with E-state index in [1.165, 1.54) is 11.1 Å². The smallest absolute Gasteiger partial charge is 0.187 e. The summed E-state index contributed by atoms with van der Waals surface area (Å²) in [5.41, 5.74) is 2.44. The second-order valence-electron chi connectivity index (χ2n) is 26.1. The Labute approximate surface area is 491 Å². The van der Waals surface area contributed by atoms with Crippen molar-refractivity contribution < 1.29 is 139 Å². The first-order valence-corrected chi connectivity index (χ1v) is 30.2. The fraction of sp³-hybridized carbons (Fsp3) is 0.930. The largest absolute Gasteiger partial charge is 0.494 e. The van der Waals surface area contributed by atoms with Gasteiger partial charge in [0.25, 0.3) is 0 Å². The van der Waals surface area contributed by atoms with E-state index in [9.17, 15) is 86.8 Å². The van der Waals surface area contributed by atoms with Crippen LogP contribution in [0.2, 0.25) is 0 Å². The first-order valence-electron chi connectivity index (χ1n) is 30.2. The van der Waals surface area contributed by atoms with Crippen LogP contribution in [0.3, 0.4) is 0 Å². The van der Waals surface area contributed by atoms with E-state index >= 15 is 0 Å². The molecule has 28 nitrogen and oxygen atoms in total. The minimum atomic E-state index is -2.06. The van der Waals surface area contributed by atoms with Crippen molar-refractivity contribution in [3.63, 3.8) is 0 Å². The fourth-order valence-electron chi connectivity index (χ4n) is 16.1. The maximum atomic E-state index is 11.9. The molecule has 3 saturated carbocycles. The summed E-state index contributed by atoms with van der Waals surface area (Å²) in [6, 6.07) is 0. The van der Waals surface area contributed by atoms with Crippen molar-refractivity contribution in [2.75, 3.05) is 39.6 Å². The van der Waals surface area contributed by atoms with Gasteiger partial charge in [-0.25, -0.2) is 0 Å². The van der Waals surface area contributed by atoms with E-state index < -0.39 is 193 Å². The van der Waals surface area contributed by atoms with Crippen LogP contribution in [-0.2, 0) is 52.1 Å². The van der Waals surface area contributed by atoms with Crippen molar-refractivity contribution >= 4 is 0 Å². The lowest BCUT2D eigenvalue weighted by molar-refractivity contribution is -0.406. The van der Waals surface area contributed by atoms with Crippen molar-refractivity contribution in [2.24, 2.45) is 40.4 Å². The third-order valence-corrected chi connectivity index (χ3v) is 21.0. The molecule has 85 heavy (non-hydrogen) atoms. The van der Waals surface area contributed by atoms with Gasteiger partial charge in [-0.05, 0) is 98.4 Å². The molecule has 0 radical (unpaired) electrons. The van der Waals surface area contributed by atoms with Crippen molar-refractivity contribution in [3.8, 4) is 0 Å². The third kappa shape index (κ3) is 12.3. The predicted molar refractivity (Wildman–Crippen MR) is 283 cm³/mol. The number of allylic oxidation sites excluding steroid dienone is 2. The first-order chi connectivity index (χ1) is 40.4. The van der Waals surface area contributed by atoms with E-state index in [-0.39, 0.29) is 35.4 Å². The van der Waals surface area contributed by atoms with Gasteiger partial charge in [-0.15, -0.1) is 0 Å². The molecule has 8 fully saturated rings. The lowest BCUT2D eigenvalue weighted by Crippen LogP contribution is -2.68. The van der Waals surface area contributed by atoms with E-state index in [2.05, 4.69) is 26.8 Å². The maximum absolute atomic E-state index is 11.9. The molecule has 0 aromatic carbocycles. The normalized spacial score (nSPS) is 52.2. The molecule has 0 bridgehead atoms. The van der Waals surface area contributed by atoms with Gasteiger partial charge in [0.15, 0.2) is 31.5 Å². The van der Waals surface area contributed by atoms with Gasteiger partial charge in [0, 0.05) is 12.3 Å².